The molecule has 0 aromatic heterocycles. The van der Waals surface area contributed by atoms with Gasteiger partial charge in [-0.05, 0) is 69.0 Å². The van der Waals surface area contributed by atoms with Crippen molar-refractivity contribution in [1.29, 1.82) is 0 Å². The van der Waals surface area contributed by atoms with Crippen LogP contribution in [0.2, 0.25) is 0 Å². The quantitative estimate of drug-likeness (QED) is 0.658. The molecule has 1 N–H and O–H groups in total. The molecule has 2 amide bonds. The number of Topliss-reactive ketones (excluding diaryl/α,β-unsaturated/α-hetero) is 1. The summed E-state index contributed by atoms with van der Waals surface area (Å²) >= 11 is 0. The molecule has 2 aromatic rings. The zero-order valence-electron chi connectivity index (χ0n) is 19.6. The largest absolute Gasteiger partial charge is 0.326 e. The fourth-order valence-electron chi connectivity index (χ4n) is 4.82. The van der Waals surface area contributed by atoms with Gasteiger partial charge in [0.05, 0.1) is 4.90 Å². The summed E-state index contributed by atoms with van der Waals surface area (Å²) in [7, 11) is -3.70. The summed E-state index contributed by atoms with van der Waals surface area (Å²) in [6.45, 7) is 5.43. The van der Waals surface area contributed by atoms with Crippen LogP contribution in [0.25, 0.3) is 0 Å². The van der Waals surface area contributed by atoms with Gasteiger partial charge in [0, 0.05) is 48.9 Å². The average molecular weight is 484 g/mol. The highest BCUT2D eigenvalue weighted by molar-refractivity contribution is 7.89. The van der Waals surface area contributed by atoms with Gasteiger partial charge in [-0.2, -0.15) is 4.31 Å². The number of fused-ring (bicyclic) bond motifs is 1. The number of piperidine rings is 1. The van der Waals surface area contributed by atoms with Gasteiger partial charge in [0.2, 0.25) is 21.8 Å². The van der Waals surface area contributed by atoms with E-state index in [4.69, 9.17) is 0 Å². The van der Waals surface area contributed by atoms with E-state index in [0.29, 0.717) is 30.5 Å². The summed E-state index contributed by atoms with van der Waals surface area (Å²) in [5.41, 5.74) is 2.70. The van der Waals surface area contributed by atoms with Gasteiger partial charge < -0.3 is 10.2 Å². The standard InChI is InChI=1S/C25H29N3O5S/c1-16-13-21-15-23(7-8-24(21)28(16)18(3)30)34(32,33)27-11-9-19(10-12-27)25(31)26-22-6-4-5-20(14-22)17(2)29/h4-8,14-16,19H,9-13H2,1-3H3,(H,26,31)/t16-/m1/s1. The minimum Gasteiger partial charge on any atom is -0.326 e. The van der Waals surface area contributed by atoms with Crippen molar-refractivity contribution in [3.05, 3.63) is 53.6 Å². The number of benzene rings is 2. The second kappa shape index (κ2) is 9.31. The highest BCUT2D eigenvalue weighted by Gasteiger charge is 2.34. The first-order valence-electron chi connectivity index (χ1n) is 11.4. The summed E-state index contributed by atoms with van der Waals surface area (Å²) in [5.74, 6) is -0.620. The Bertz CT molecular complexity index is 1250. The molecule has 2 aliphatic rings. The Morgan fingerprint density at radius 2 is 1.71 bits per heavy atom. The van der Waals surface area contributed by atoms with Gasteiger partial charge in [0.15, 0.2) is 5.78 Å². The number of hydrogen-bond donors (Lipinski definition) is 1. The predicted molar refractivity (Wildman–Crippen MR) is 129 cm³/mol. The van der Waals surface area contributed by atoms with Crippen molar-refractivity contribution in [2.45, 2.75) is 51.0 Å². The molecule has 1 atom stereocenters. The average Bonchev–Trinajstić information content (AvgIpc) is 3.14. The summed E-state index contributed by atoms with van der Waals surface area (Å²) in [5, 5.41) is 2.85. The van der Waals surface area contributed by atoms with Crippen molar-refractivity contribution in [2.75, 3.05) is 23.3 Å². The Morgan fingerprint density at radius 1 is 1.00 bits per heavy atom. The lowest BCUT2D eigenvalue weighted by molar-refractivity contribution is -0.121. The fourth-order valence-corrected chi connectivity index (χ4v) is 6.34. The molecule has 9 heteroatoms. The van der Waals surface area contributed by atoms with Crippen molar-refractivity contribution in [1.82, 2.24) is 4.31 Å². The number of anilines is 2. The molecule has 0 bridgehead atoms. The van der Waals surface area contributed by atoms with Crippen molar-refractivity contribution in [2.24, 2.45) is 5.92 Å². The highest BCUT2D eigenvalue weighted by Crippen LogP contribution is 2.35. The Kier molecular flexibility index (Phi) is 6.60. The van der Waals surface area contributed by atoms with E-state index in [9.17, 15) is 22.8 Å². The molecule has 1 saturated heterocycles. The number of sulfonamides is 1. The molecule has 0 spiro atoms. The van der Waals surface area contributed by atoms with E-state index in [1.807, 2.05) is 6.92 Å². The van der Waals surface area contributed by atoms with Crippen LogP contribution in [0.5, 0.6) is 0 Å². The number of nitrogens with one attached hydrogen (secondary N) is 1. The van der Waals surface area contributed by atoms with Crippen molar-refractivity contribution >= 4 is 39.0 Å². The zero-order chi connectivity index (χ0) is 24.6. The molecule has 0 radical (unpaired) electrons. The van der Waals surface area contributed by atoms with Crippen LogP contribution >= 0.6 is 0 Å². The molecule has 4 rings (SSSR count). The lowest BCUT2D eigenvalue weighted by atomic mass is 9.97. The second-order valence-electron chi connectivity index (χ2n) is 9.04. The van der Waals surface area contributed by atoms with Crippen molar-refractivity contribution in [3.8, 4) is 0 Å². The maximum absolute atomic E-state index is 13.3. The molecule has 1 fully saturated rings. The van der Waals surface area contributed by atoms with Crippen LogP contribution in [0, 0.1) is 5.92 Å². The molecule has 0 aliphatic carbocycles. The third-order valence-corrected chi connectivity index (χ3v) is 8.50. The zero-order valence-corrected chi connectivity index (χ0v) is 20.4. The van der Waals surface area contributed by atoms with E-state index < -0.39 is 10.0 Å². The number of rotatable bonds is 5. The van der Waals surface area contributed by atoms with Gasteiger partial charge in [-0.3, -0.25) is 14.4 Å². The first kappa shape index (κ1) is 24.1. The number of ketones is 1. The van der Waals surface area contributed by atoms with Gasteiger partial charge in [0.1, 0.15) is 0 Å². The van der Waals surface area contributed by atoms with Gasteiger partial charge >= 0.3 is 0 Å². The molecule has 0 unspecified atom stereocenters. The van der Waals surface area contributed by atoms with E-state index in [1.165, 1.54) is 18.2 Å². The van der Waals surface area contributed by atoms with Crippen molar-refractivity contribution < 1.29 is 22.8 Å². The molecule has 180 valence electrons. The SMILES string of the molecule is CC(=O)c1cccc(NC(=O)C2CCN(S(=O)(=O)c3ccc4c(c3)C[C@@H](C)N4C(C)=O)CC2)c1. The first-order chi connectivity index (χ1) is 16.1. The second-order valence-corrected chi connectivity index (χ2v) is 11.0. The molecular weight excluding hydrogens is 454 g/mol. The molecule has 2 aromatic carbocycles. The number of carbonyl (C=O) groups excluding carboxylic acids is 3. The van der Waals surface area contributed by atoms with Crippen LogP contribution in [0.3, 0.4) is 0 Å². The van der Waals surface area contributed by atoms with Crippen LogP contribution in [0.4, 0.5) is 11.4 Å². The van der Waals surface area contributed by atoms with Crippen LogP contribution in [-0.2, 0) is 26.0 Å². The van der Waals surface area contributed by atoms with E-state index in [0.717, 1.165) is 11.3 Å². The van der Waals surface area contributed by atoms with Gasteiger partial charge in [0.25, 0.3) is 0 Å². The van der Waals surface area contributed by atoms with Crippen LogP contribution < -0.4 is 10.2 Å². The molecule has 8 nitrogen and oxygen atoms in total. The number of carbonyl (C=O) groups is 3. The molecule has 34 heavy (non-hydrogen) atoms. The maximum atomic E-state index is 13.3. The summed E-state index contributed by atoms with van der Waals surface area (Å²) in [6, 6.07) is 11.7. The number of hydrogen-bond acceptors (Lipinski definition) is 5. The fraction of sp³-hybridized carbons (Fsp3) is 0.400. The Labute approximate surface area is 200 Å². The van der Waals surface area contributed by atoms with Crippen LogP contribution in [0.1, 0.15) is 49.5 Å². The van der Waals surface area contributed by atoms with Gasteiger partial charge in [-0.25, -0.2) is 8.42 Å². The molecule has 2 aliphatic heterocycles. The van der Waals surface area contributed by atoms with E-state index in [-0.39, 0.29) is 47.5 Å². The Morgan fingerprint density at radius 3 is 2.35 bits per heavy atom. The van der Waals surface area contributed by atoms with E-state index in [2.05, 4.69) is 5.32 Å². The van der Waals surface area contributed by atoms with E-state index in [1.54, 1.807) is 47.4 Å². The maximum Gasteiger partial charge on any atom is 0.243 e. The minimum atomic E-state index is -3.70. The first-order valence-corrected chi connectivity index (χ1v) is 12.9. The van der Waals surface area contributed by atoms with Gasteiger partial charge in [-0.1, -0.05) is 12.1 Å². The number of nitrogens with zero attached hydrogens (tertiary/aromatic N) is 2. The predicted octanol–water partition coefficient (Wildman–Crippen LogP) is 3.23. The number of amides is 2. The summed E-state index contributed by atoms with van der Waals surface area (Å²) < 4.78 is 28.0. The topological polar surface area (TPSA) is 104 Å². The lowest BCUT2D eigenvalue weighted by Crippen LogP contribution is -2.41. The summed E-state index contributed by atoms with van der Waals surface area (Å²) in [6.07, 6.45) is 1.44. The Hall–Kier alpha value is -3.04. The molecule has 2 heterocycles. The molecular formula is C25H29N3O5S. The summed E-state index contributed by atoms with van der Waals surface area (Å²) in [4.78, 5) is 38.1. The Balaban J connectivity index is 1.41. The normalized spacial score (nSPS) is 19.0. The van der Waals surface area contributed by atoms with E-state index >= 15 is 0 Å². The third kappa shape index (κ3) is 4.63. The van der Waals surface area contributed by atoms with Gasteiger partial charge in [-0.15, -0.1) is 0 Å². The highest BCUT2D eigenvalue weighted by atomic mass is 32.2. The third-order valence-electron chi connectivity index (χ3n) is 6.60. The van der Waals surface area contributed by atoms with Crippen LogP contribution in [0.15, 0.2) is 47.4 Å². The van der Waals surface area contributed by atoms with Crippen molar-refractivity contribution in [3.63, 3.8) is 0 Å². The monoisotopic (exact) mass is 483 g/mol. The lowest BCUT2D eigenvalue weighted by Gasteiger charge is -2.30. The molecule has 0 saturated carbocycles. The smallest absolute Gasteiger partial charge is 0.243 e. The minimum absolute atomic E-state index is 0.00384. The van der Waals surface area contributed by atoms with Crippen LogP contribution in [-0.4, -0.2) is 49.5 Å².